The predicted octanol–water partition coefficient (Wildman–Crippen LogP) is 4.03. The van der Waals surface area contributed by atoms with Crippen molar-refractivity contribution in [3.05, 3.63) is 86.9 Å². The van der Waals surface area contributed by atoms with Gasteiger partial charge < -0.3 is 15.7 Å². The summed E-state index contributed by atoms with van der Waals surface area (Å²) in [7, 11) is 0. The van der Waals surface area contributed by atoms with Crippen molar-refractivity contribution >= 4 is 51.7 Å². The van der Waals surface area contributed by atoms with Gasteiger partial charge in [0.2, 0.25) is 0 Å². The van der Waals surface area contributed by atoms with E-state index in [0.29, 0.717) is 41.0 Å². The van der Waals surface area contributed by atoms with E-state index in [0.717, 1.165) is 11.1 Å². The third-order valence-corrected chi connectivity index (χ3v) is 9.19. The second kappa shape index (κ2) is 9.49. The number of likely N-dealkylation sites (N-methyl/N-ethyl adjacent to an activating group) is 1. The average molecular weight is 595 g/mol. The molecule has 0 aliphatic carbocycles. The minimum absolute atomic E-state index is 0.0283. The molecule has 7 rings (SSSR count). The number of carbonyl (C=O) groups excluding carboxylic acids is 2. The lowest BCUT2D eigenvalue weighted by atomic mass is 9.74. The monoisotopic (exact) mass is 594 g/mol. The Morgan fingerprint density at radius 2 is 2.07 bits per heavy atom. The first-order valence-electron chi connectivity index (χ1n) is 13.4. The van der Waals surface area contributed by atoms with Gasteiger partial charge in [-0.3, -0.25) is 19.2 Å². The first-order valence-corrected chi connectivity index (χ1v) is 14.2. The number of aliphatic hydroxyl groups is 1. The van der Waals surface area contributed by atoms with E-state index in [-0.39, 0.29) is 41.2 Å². The Bertz CT molecular complexity index is 1760. The number of nitrogens with zero attached hydrogens (tertiary/aromatic N) is 4. The Morgan fingerprint density at radius 1 is 1.24 bits per heavy atom. The fourth-order valence-corrected chi connectivity index (χ4v) is 7.59. The lowest BCUT2D eigenvalue weighted by molar-refractivity contribution is -0.127. The second-order valence-corrected chi connectivity index (χ2v) is 11.3. The van der Waals surface area contributed by atoms with Crippen LogP contribution in [-0.2, 0) is 16.8 Å². The summed E-state index contributed by atoms with van der Waals surface area (Å²) >= 11 is 12.5. The van der Waals surface area contributed by atoms with Crippen LogP contribution in [0, 0.1) is 5.82 Å². The number of halogens is 3. The van der Waals surface area contributed by atoms with Gasteiger partial charge >= 0.3 is 0 Å². The second-order valence-electron chi connectivity index (χ2n) is 10.5. The fraction of sp³-hybridized carbons (Fsp3) is 0.310. The van der Waals surface area contributed by atoms with Gasteiger partial charge in [0.15, 0.2) is 0 Å². The third-order valence-electron chi connectivity index (χ3n) is 8.69. The van der Waals surface area contributed by atoms with Crippen molar-refractivity contribution in [2.24, 2.45) is 0 Å². The molecule has 1 unspecified atom stereocenters. The van der Waals surface area contributed by atoms with E-state index >= 15 is 4.39 Å². The maximum atomic E-state index is 16.0. The molecule has 9 nitrogen and oxygen atoms in total. The summed E-state index contributed by atoms with van der Waals surface area (Å²) in [6.45, 7) is 2.48. The average Bonchev–Trinajstić information content (AvgIpc) is 3.65. The molecule has 3 aliphatic rings. The van der Waals surface area contributed by atoms with Gasteiger partial charge in [-0.1, -0.05) is 48.3 Å². The Balaban J connectivity index is 1.45. The van der Waals surface area contributed by atoms with E-state index in [2.05, 4.69) is 20.5 Å². The van der Waals surface area contributed by atoms with Crippen LogP contribution in [0.2, 0.25) is 10.2 Å². The zero-order valence-corrected chi connectivity index (χ0v) is 23.4. The summed E-state index contributed by atoms with van der Waals surface area (Å²) in [5.74, 6) is -1.54. The number of hydrogen-bond donors (Lipinski definition) is 3. The SMILES string of the molecule is CCN1[C@H]2Cc3c4ccc(C(=O)NCCO)cc4nn3C2[C@H](c2cccc(Cl)c2F)[C@]12C(=O)Nc1nc(Cl)ccc12. The third kappa shape index (κ3) is 3.54. The molecule has 4 atom stereocenters. The van der Waals surface area contributed by atoms with Crippen molar-refractivity contribution in [3.63, 3.8) is 0 Å². The lowest BCUT2D eigenvalue weighted by Crippen LogP contribution is -2.52. The maximum absolute atomic E-state index is 16.0. The molecule has 12 heteroatoms. The van der Waals surface area contributed by atoms with E-state index in [1.807, 2.05) is 17.7 Å². The van der Waals surface area contributed by atoms with E-state index in [1.165, 1.54) is 6.07 Å². The number of carbonyl (C=O) groups is 2. The smallest absolute Gasteiger partial charge is 0.251 e. The molecule has 41 heavy (non-hydrogen) atoms. The highest BCUT2D eigenvalue weighted by atomic mass is 35.5. The molecule has 2 aromatic heterocycles. The van der Waals surface area contributed by atoms with E-state index < -0.39 is 23.3 Å². The predicted molar refractivity (Wildman–Crippen MR) is 152 cm³/mol. The summed E-state index contributed by atoms with van der Waals surface area (Å²) in [6, 6.07) is 13.0. The highest BCUT2D eigenvalue weighted by Crippen LogP contribution is 2.63. The van der Waals surface area contributed by atoms with E-state index in [4.69, 9.17) is 33.4 Å². The maximum Gasteiger partial charge on any atom is 0.251 e. The fourth-order valence-electron chi connectivity index (χ4n) is 7.26. The molecular formula is C29H25Cl2FN6O3. The van der Waals surface area contributed by atoms with Gasteiger partial charge in [-0.25, -0.2) is 9.37 Å². The molecule has 2 aromatic carbocycles. The zero-order valence-electron chi connectivity index (χ0n) is 21.9. The van der Waals surface area contributed by atoms with Gasteiger partial charge in [-0.2, -0.15) is 5.10 Å². The highest BCUT2D eigenvalue weighted by Gasteiger charge is 2.69. The molecule has 5 heterocycles. The molecule has 1 spiro atoms. The number of amides is 2. The van der Waals surface area contributed by atoms with Crippen LogP contribution in [0.15, 0.2) is 48.5 Å². The first-order chi connectivity index (χ1) is 19.8. The number of anilines is 1. The number of aromatic nitrogens is 3. The van der Waals surface area contributed by atoms with Crippen LogP contribution in [0.5, 0.6) is 0 Å². The van der Waals surface area contributed by atoms with Crippen molar-refractivity contribution in [3.8, 4) is 0 Å². The Hall–Kier alpha value is -3.57. The Labute approximate surface area is 244 Å². The minimum Gasteiger partial charge on any atom is -0.395 e. The van der Waals surface area contributed by atoms with Crippen LogP contribution in [-0.4, -0.2) is 62.3 Å². The molecule has 2 amide bonds. The van der Waals surface area contributed by atoms with Crippen LogP contribution in [0.4, 0.5) is 10.2 Å². The largest absolute Gasteiger partial charge is 0.395 e. The molecule has 210 valence electrons. The number of aliphatic hydroxyl groups excluding tert-OH is 1. The van der Waals surface area contributed by atoms with Crippen molar-refractivity contribution in [1.29, 1.82) is 0 Å². The van der Waals surface area contributed by atoms with Crippen molar-refractivity contribution in [2.45, 2.75) is 36.9 Å². The highest BCUT2D eigenvalue weighted by molar-refractivity contribution is 6.31. The first kappa shape index (κ1) is 26.3. The molecule has 3 aliphatic heterocycles. The summed E-state index contributed by atoms with van der Waals surface area (Å²) < 4.78 is 17.9. The Kier molecular flexibility index (Phi) is 6.09. The van der Waals surface area contributed by atoms with Crippen molar-refractivity contribution < 1.29 is 19.1 Å². The molecule has 4 aromatic rings. The van der Waals surface area contributed by atoms with Crippen molar-refractivity contribution in [2.75, 3.05) is 25.0 Å². The molecule has 3 N–H and O–H groups in total. The summed E-state index contributed by atoms with van der Waals surface area (Å²) in [6.07, 6.45) is 0.565. The standard InChI is InChI=1S/C29H25Cl2FN6O3/c1-2-37-21-13-20-15-7-6-14(27(40)33-10-11-39)12-19(15)36-38(20)25(21)23(16-4-3-5-18(30)24(16)32)29(37)17-8-9-22(31)34-26(17)35-28(29)41/h3-9,12,21,23,25,39H,2,10-11,13H2,1H3,(H,33,40)(H,34,35,41)/t21-,23-,25?,29+/m0/s1. The zero-order chi connectivity index (χ0) is 28.6. The van der Waals surface area contributed by atoms with Crippen LogP contribution < -0.4 is 10.6 Å². The summed E-state index contributed by atoms with van der Waals surface area (Å²) in [5, 5.41) is 20.7. The quantitative estimate of drug-likeness (QED) is 0.301. The molecule has 1 fully saturated rings. The van der Waals surface area contributed by atoms with Gasteiger partial charge in [0.1, 0.15) is 22.3 Å². The van der Waals surface area contributed by atoms with E-state index in [1.54, 1.807) is 36.4 Å². The molecular weight excluding hydrogens is 570 g/mol. The topological polar surface area (TPSA) is 112 Å². The van der Waals surface area contributed by atoms with Crippen LogP contribution in [0.3, 0.4) is 0 Å². The van der Waals surface area contributed by atoms with Crippen LogP contribution >= 0.6 is 23.2 Å². The van der Waals surface area contributed by atoms with Crippen LogP contribution in [0.25, 0.3) is 10.9 Å². The Morgan fingerprint density at radius 3 is 2.85 bits per heavy atom. The van der Waals surface area contributed by atoms with Crippen molar-refractivity contribution in [1.82, 2.24) is 25.0 Å². The van der Waals surface area contributed by atoms with Gasteiger partial charge in [0.05, 0.1) is 23.2 Å². The van der Waals surface area contributed by atoms with Gasteiger partial charge in [-0.05, 0) is 42.4 Å². The normalized spacial score (nSPS) is 24.5. The number of hydrogen-bond acceptors (Lipinski definition) is 6. The van der Waals surface area contributed by atoms with E-state index in [9.17, 15) is 9.59 Å². The van der Waals surface area contributed by atoms with Gasteiger partial charge in [-0.15, -0.1) is 0 Å². The molecule has 1 saturated heterocycles. The number of fused-ring (bicyclic) bond motifs is 7. The molecule has 0 saturated carbocycles. The lowest BCUT2D eigenvalue weighted by Gasteiger charge is -2.39. The number of benzene rings is 2. The number of rotatable bonds is 5. The number of likely N-dealkylation sites (tertiary alicyclic amines) is 1. The van der Waals surface area contributed by atoms with Crippen LogP contribution in [0.1, 0.15) is 46.1 Å². The number of pyridine rings is 1. The summed E-state index contributed by atoms with van der Waals surface area (Å²) in [4.78, 5) is 33.2. The van der Waals surface area contributed by atoms with Gasteiger partial charge in [0, 0.05) is 47.1 Å². The van der Waals surface area contributed by atoms with Gasteiger partial charge in [0.25, 0.3) is 11.8 Å². The summed E-state index contributed by atoms with van der Waals surface area (Å²) in [5.41, 5.74) is 1.65. The number of nitrogens with one attached hydrogen (secondary N) is 2. The minimum atomic E-state index is -1.28. The molecule has 0 radical (unpaired) electrons. The molecule has 0 bridgehead atoms.